The summed E-state index contributed by atoms with van der Waals surface area (Å²) in [5, 5.41) is -1.11. The molecule has 0 N–H and O–H groups in total. The van der Waals surface area contributed by atoms with E-state index in [4.69, 9.17) is 0 Å². The molecule has 0 aromatic heterocycles. The average molecular weight is 367 g/mol. The van der Waals surface area contributed by atoms with Crippen molar-refractivity contribution in [3.63, 3.8) is 0 Å². The predicted molar refractivity (Wildman–Crippen MR) is 86.3 cm³/mol. The predicted octanol–water partition coefficient (Wildman–Crippen LogP) is 3.80. The summed E-state index contributed by atoms with van der Waals surface area (Å²) in [6, 6.07) is 13.3. The molecule has 0 heterocycles. The fourth-order valence-electron chi connectivity index (χ4n) is 1.99. The third-order valence-electron chi connectivity index (χ3n) is 3.28. The van der Waals surface area contributed by atoms with Crippen LogP contribution < -0.4 is 0 Å². The molecule has 2 rings (SSSR count). The Morgan fingerprint density at radius 2 is 1.71 bits per heavy atom. The van der Waals surface area contributed by atoms with Crippen LogP contribution in [0.4, 0.5) is 0 Å². The molecule has 2 aromatic rings. The van der Waals surface area contributed by atoms with Crippen molar-refractivity contribution in [1.29, 1.82) is 0 Å². The van der Waals surface area contributed by atoms with Crippen molar-refractivity contribution in [3.05, 3.63) is 64.1 Å². The summed E-state index contributed by atoms with van der Waals surface area (Å²) < 4.78 is 25.9. The van der Waals surface area contributed by atoms with E-state index in [9.17, 15) is 13.2 Å². The van der Waals surface area contributed by atoms with E-state index in [0.29, 0.717) is 5.56 Å². The highest BCUT2D eigenvalue weighted by atomic mass is 79.9. The first kappa shape index (κ1) is 15.9. The van der Waals surface area contributed by atoms with E-state index in [2.05, 4.69) is 15.9 Å². The number of benzene rings is 2. The summed E-state index contributed by atoms with van der Waals surface area (Å²) in [5.74, 6) is -0.399. The highest BCUT2D eigenvalue weighted by molar-refractivity contribution is 9.10. The van der Waals surface area contributed by atoms with Gasteiger partial charge in [-0.3, -0.25) is 4.79 Å². The van der Waals surface area contributed by atoms with E-state index < -0.39 is 20.9 Å². The number of halogens is 1. The second-order valence-electron chi connectivity index (χ2n) is 4.87. The molecule has 0 aliphatic carbocycles. The van der Waals surface area contributed by atoms with Crippen LogP contribution in [0.3, 0.4) is 0 Å². The Bertz CT molecular complexity index is 764. The molecule has 2 aromatic carbocycles. The van der Waals surface area contributed by atoms with Crippen LogP contribution in [-0.4, -0.2) is 19.5 Å². The highest BCUT2D eigenvalue weighted by Crippen LogP contribution is 2.21. The highest BCUT2D eigenvalue weighted by Gasteiger charge is 2.30. The van der Waals surface area contributed by atoms with Gasteiger partial charge in [-0.05, 0) is 43.7 Å². The molecule has 0 bridgehead atoms. The van der Waals surface area contributed by atoms with E-state index in [1.54, 1.807) is 36.4 Å². The van der Waals surface area contributed by atoms with Gasteiger partial charge < -0.3 is 0 Å². The molecule has 1 unspecified atom stereocenters. The fraction of sp³-hybridized carbons (Fsp3) is 0.188. The molecule has 3 nitrogen and oxygen atoms in total. The van der Waals surface area contributed by atoms with E-state index in [1.807, 2.05) is 13.0 Å². The zero-order chi connectivity index (χ0) is 15.6. The Hall–Kier alpha value is -1.46. The fourth-order valence-corrected chi connectivity index (χ4v) is 3.70. The summed E-state index contributed by atoms with van der Waals surface area (Å²) in [5.41, 5.74) is 1.24. The van der Waals surface area contributed by atoms with Gasteiger partial charge in [0, 0.05) is 10.0 Å². The molecule has 0 saturated carbocycles. The van der Waals surface area contributed by atoms with Gasteiger partial charge in [0.25, 0.3) is 0 Å². The molecule has 1 atom stereocenters. The monoisotopic (exact) mass is 366 g/mol. The number of aryl methyl sites for hydroxylation is 1. The number of hydrogen-bond acceptors (Lipinski definition) is 3. The third kappa shape index (κ3) is 3.41. The lowest BCUT2D eigenvalue weighted by atomic mass is 10.1. The molecular formula is C16H15BrO3S. The number of carbonyl (C=O) groups excluding carboxylic acids is 1. The van der Waals surface area contributed by atoms with Gasteiger partial charge in [0.1, 0.15) is 5.25 Å². The van der Waals surface area contributed by atoms with Crippen molar-refractivity contribution < 1.29 is 13.2 Å². The minimum atomic E-state index is -3.68. The summed E-state index contributed by atoms with van der Waals surface area (Å²) in [7, 11) is -3.68. The van der Waals surface area contributed by atoms with Crippen LogP contribution in [-0.2, 0) is 9.84 Å². The number of hydrogen-bond donors (Lipinski definition) is 0. The Labute approximate surface area is 133 Å². The second-order valence-corrected chi connectivity index (χ2v) is 8.06. The van der Waals surface area contributed by atoms with Gasteiger partial charge in [-0.15, -0.1) is 0 Å². The maximum atomic E-state index is 12.5. The van der Waals surface area contributed by atoms with Crippen LogP contribution in [0.1, 0.15) is 22.8 Å². The van der Waals surface area contributed by atoms with E-state index in [1.165, 1.54) is 13.0 Å². The minimum Gasteiger partial charge on any atom is -0.293 e. The van der Waals surface area contributed by atoms with Gasteiger partial charge >= 0.3 is 0 Å². The molecule has 5 heteroatoms. The van der Waals surface area contributed by atoms with Crippen LogP contribution in [0.15, 0.2) is 57.9 Å². The molecular weight excluding hydrogens is 352 g/mol. The molecule has 0 aliphatic rings. The van der Waals surface area contributed by atoms with E-state index in [-0.39, 0.29) is 4.90 Å². The number of sulfone groups is 1. The van der Waals surface area contributed by atoms with Crippen molar-refractivity contribution in [3.8, 4) is 0 Å². The van der Waals surface area contributed by atoms with Crippen LogP contribution in [0.5, 0.6) is 0 Å². The van der Waals surface area contributed by atoms with E-state index in [0.717, 1.165) is 10.0 Å². The van der Waals surface area contributed by atoms with Crippen LogP contribution >= 0.6 is 15.9 Å². The Morgan fingerprint density at radius 1 is 1.10 bits per heavy atom. The normalized spacial score (nSPS) is 12.9. The Kier molecular flexibility index (Phi) is 4.64. The van der Waals surface area contributed by atoms with Gasteiger partial charge in [0.15, 0.2) is 15.6 Å². The zero-order valence-electron chi connectivity index (χ0n) is 11.7. The standard InChI is InChI=1S/C16H15BrO3S/c1-11-4-3-5-15(10-11)21(19,20)12(2)16(18)13-6-8-14(17)9-7-13/h3-10,12H,1-2H3. The van der Waals surface area contributed by atoms with Crippen molar-refractivity contribution in [2.45, 2.75) is 24.0 Å². The summed E-state index contributed by atoms with van der Waals surface area (Å²) >= 11 is 3.29. The average Bonchev–Trinajstić information content (AvgIpc) is 2.46. The number of Topliss-reactive ketones (excluding diaryl/α,β-unsaturated/α-hetero) is 1. The van der Waals surface area contributed by atoms with Gasteiger partial charge in [0.05, 0.1) is 4.90 Å². The molecule has 0 fully saturated rings. The lowest BCUT2D eigenvalue weighted by molar-refractivity contribution is 0.0991. The van der Waals surface area contributed by atoms with Gasteiger partial charge in [-0.1, -0.05) is 40.2 Å². The van der Waals surface area contributed by atoms with Crippen molar-refractivity contribution in [1.82, 2.24) is 0 Å². The lowest BCUT2D eigenvalue weighted by Crippen LogP contribution is -2.27. The largest absolute Gasteiger partial charge is 0.293 e. The summed E-state index contributed by atoms with van der Waals surface area (Å²) in [6.07, 6.45) is 0. The smallest absolute Gasteiger partial charge is 0.188 e. The lowest BCUT2D eigenvalue weighted by Gasteiger charge is -2.12. The van der Waals surface area contributed by atoms with Crippen LogP contribution in [0.25, 0.3) is 0 Å². The molecule has 21 heavy (non-hydrogen) atoms. The third-order valence-corrected chi connectivity index (χ3v) is 5.87. The van der Waals surface area contributed by atoms with Crippen LogP contribution in [0, 0.1) is 6.92 Å². The first-order valence-corrected chi connectivity index (χ1v) is 8.76. The number of ketones is 1. The van der Waals surface area contributed by atoms with Crippen molar-refractivity contribution in [2.75, 3.05) is 0 Å². The maximum absolute atomic E-state index is 12.5. The first-order chi connectivity index (χ1) is 9.82. The SMILES string of the molecule is Cc1cccc(S(=O)(=O)C(C)C(=O)c2ccc(Br)cc2)c1. The van der Waals surface area contributed by atoms with Gasteiger partial charge in [-0.25, -0.2) is 8.42 Å². The molecule has 0 aliphatic heterocycles. The summed E-state index contributed by atoms with van der Waals surface area (Å²) in [4.78, 5) is 12.5. The molecule has 0 saturated heterocycles. The maximum Gasteiger partial charge on any atom is 0.188 e. The zero-order valence-corrected chi connectivity index (χ0v) is 14.1. The van der Waals surface area contributed by atoms with Crippen molar-refractivity contribution >= 4 is 31.6 Å². The topological polar surface area (TPSA) is 51.2 Å². The van der Waals surface area contributed by atoms with Crippen LogP contribution in [0.2, 0.25) is 0 Å². The molecule has 0 amide bonds. The number of rotatable bonds is 4. The molecule has 0 spiro atoms. The van der Waals surface area contributed by atoms with Crippen molar-refractivity contribution in [2.24, 2.45) is 0 Å². The van der Waals surface area contributed by atoms with Gasteiger partial charge in [-0.2, -0.15) is 0 Å². The van der Waals surface area contributed by atoms with E-state index >= 15 is 0 Å². The molecule has 0 radical (unpaired) electrons. The number of carbonyl (C=O) groups is 1. The van der Waals surface area contributed by atoms with Gasteiger partial charge in [0.2, 0.25) is 0 Å². The minimum absolute atomic E-state index is 0.181. The summed E-state index contributed by atoms with van der Waals surface area (Å²) in [6.45, 7) is 3.25. The quantitative estimate of drug-likeness (QED) is 0.773. The Morgan fingerprint density at radius 3 is 2.29 bits per heavy atom. The Balaban J connectivity index is 2.36. The first-order valence-electron chi connectivity index (χ1n) is 6.43. The second kappa shape index (κ2) is 6.12. The molecule has 110 valence electrons.